The van der Waals surface area contributed by atoms with Gasteiger partial charge in [-0.25, -0.2) is 9.78 Å². The van der Waals surface area contributed by atoms with E-state index in [1.807, 2.05) is 24.3 Å². The number of nitrogens with zero attached hydrogens (tertiary/aromatic N) is 1. The fraction of sp³-hybridized carbons (Fsp3) is 0.0385. The van der Waals surface area contributed by atoms with E-state index < -0.39 is 5.63 Å². The average Bonchev–Trinajstić information content (AvgIpc) is 3.26. The molecule has 0 amide bonds. The first kappa shape index (κ1) is 19.5. The highest BCUT2D eigenvalue weighted by Gasteiger charge is 2.18. The van der Waals surface area contributed by atoms with Crippen LogP contribution in [0.2, 0.25) is 0 Å². The molecule has 1 N–H and O–H groups in total. The van der Waals surface area contributed by atoms with E-state index in [0.717, 1.165) is 10.2 Å². The zero-order valence-electron chi connectivity index (χ0n) is 17.1. The van der Waals surface area contributed by atoms with Crippen LogP contribution in [0.4, 0.5) is 0 Å². The number of para-hydroxylation sites is 2. The monoisotopic (exact) mass is 453 g/mol. The lowest BCUT2D eigenvalue weighted by atomic mass is 10.0. The third-order valence-electron chi connectivity index (χ3n) is 5.62. The fourth-order valence-electron chi connectivity index (χ4n) is 3.97. The summed E-state index contributed by atoms with van der Waals surface area (Å²) < 4.78 is 12.2. The molecule has 0 aliphatic carbocycles. The van der Waals surface area contributed by atoms with Crippen molar-refractivity contribution in [1.82, 2.24) is 4.98 Å². The minimum atomic E-state index is -0.557. The first-order valence-electron chi connectivity index (χ1n) is 10.2. The van der Waals surface area contributed by atoms with Gasteiger partial charge < -0.3 is 13.9 Å². The van der Waals surface area contributed by atoms with E-state index in [-0.39, 0.29) is 23.2 Å². The molecule has 33 heavy (non-hydrogen) atoms. The molecular formula is C26H15NO5S. The number of aromatic hydroxyl groups is 1. The van der Waals surface area contributed by atoms with Crippen molar-refractivity contribution in [2.45, 2.75) is 6.42 Å². The molecule has 6 aromatic rings. The maximum absolute atomic E-state index is 12.9. The zero-order chi connectivity index (χ0) is 22.5. The molecule has 0 bridgehead atoms. The smallest absolute Gasteiger partial charge is 0.346 e. The molecule has 0 aliphatic rings. The normalized spacial score (nSPS) is 11.5. The Morgan fingerprint density at radius 3 is 2.67 bits per heavy atom. The lowest BCUT2D eigenvalue weighted by Gasteiger charge is -2.09. The third-order valence-corrected chi connectivity index (χ3v) is 6.69. The van der Waals surface area contributed by atoms with Crippen LogP contribution in [0, 0.1) is 0 Å². The summed E-state index contributed by atoms with van der Waals surface area (Å²) in [6.45, 7) is 0. The molecule has 0 spiro atoms. The molecule has 0 atom stereocenters. The summed E-state index contributed by atoms with van der Waals surface area (Å²) in [7, 11) is 0. The minimum Gasteiger partial charge on any atom is -0.508 e. The molecule has 3 aromatic heterocycles. The Morgan fingerprint density at radius 2 is 1.79 bits per heavy atom. The number of rotatable bonds is 3. The van der Waals surface area contributed by atoms with Gasteiger partial charge in [0.2, 0.25) is 0 Å². The van der Waals surface area contributed by atoms with E-state index in [4.69, 9.17) is 8.83 Å². The second-order valence-electron chi connectivity index (χ2n) is 7.68. The van der Waals surface area contributed by atoms with Gasteiger partial charge in [0.1, 0.15) is 21.9 Å². The number of hydrogen-bond donors (Lipinski definition) is 1. The lowest BCUT2D eigenvalue weighted by Crippen LogP contribution is -2.10. The summed E-state index contributed by atoms with van der Waals surface area (Å²) in [5.41, 5.74) is 1.84. The van der Waals surface area contributed by atoms with Crippen molar-refractivity contribution in [3.8, 4) is 16.3 Å². The molecule has 7 heteroatoms. The lowest BCUT2D eigenvalue weighted by molar-refractivity contribution is 0.466. The summed E-state index contributed by atoms with van der Waals surface area (Å²) in [6.07, 6.45) is 1.44. The average molecular weight is 453 g/mol. The molecule has 6 rings (SSSR count). The highest BCUT2D eigenvalue weighted by atomic mass is 32.1. The summed E-state index contributed by atoms with van der Waals surface area (Å²) in [5, 5.41) is 12.2. The van der Waals surface area contributed by atoms with Gasteiger partial charge in [-0.05, 0) is 42.5 Å². The number of aromatic nitrogens is 1. The molecule has 0 saturated carbocycles. The van der Waals surface area contributed by atoms with Crippen molar-refractivity contribution in [2.24, 2.45) is 0 Å². The standard InChI is InChI=1S/C26H15NO5S/c28-20-10-9-14-11-18(25-27-19-6-2-4-8-22(19)33-25)26(30)32-24(14)17(20)12-15-13-31-21-7-3-1-5-16(21)23(15)29/h1-11,13,28H,12H2. The van der Waals surface area contributed by atoms with Gasteiger partial charge in [-0.1, -0.05) is 24.3 Å². The fourth-order valence-corrected chi connectivity index (χ4v) is 4.94. The van der Waals surface area contributed by atoms with Gasteiger partial charge >= 0.3 is 5.63 Å². The van der Waals surface area contributed by atoms with Gasteiger partial charge in [-0.3, -0.25) is 4.79 Å². The number of hydrogen-bond acceptors (Lipinski definition) is 7. The Balaban J connectivity index is 1.50. The second-order valence-corrected chi connectivity index (χ2v) is 8.71. The van der Waals surface area contributed by atoms with Crippen LogP contribution in [0.15, 0.2) is 91.4 Å². The minimum absolute atomic E-state index is 0.0553. The van der Waals surface area contributed by atoms with Crippen molar-refractivity contribution in [1.29, 1.82) is 0 Å². The Hall–Kier alpha value is -4.23. The van der Waals surface area contributed by atoms with Crippen LogP contribution >= 0.6 is 11.3 Å². The summed E-state index contributed by atoms with van der Waals surface area (Å²) in [4.78, 5) is 30.4. The van der Waals surface area contributed by atoms with Crippen molar-refractivity contribution in [3.05, 3.63) is 105 Å². The number of fused-ring (bicyclic) bond motifs is 3. The Labute approximate surface area is 190 Å². The van der Waals surface area contributed by atoms with E-state index in [1.165, 1.54) is 23.7 Å². The summed E-state index contributed by atoms with van der Waals surface area (Å²) >= 11 is 1.41. The molecular weight excluding hydrogens is 438 g/mol. The quantitative estimate of drug-likeness (QED) is 0.357. The largest absolute Gasteiger partial charge is 0.508 e. The number of phenolic OH excluding ortho intramolecular Hbond substituents is 1. The summed E-state index contributed by atoms with van der Waals surface area (Å²) in [6, 6.07) is 19.5. The van der Waals surface area contributed by atoms with Crippen molar-refractivity contribution >= 4 is 43.5 Å². The van der Waals surface area contributed by atoms with Crippen molar-refractivity contribution in [3.63, 3.8) is 0 Å². The van der Waals surface area contributed by atoms with Crippen molar-refractivity contribution in [2.75, 3.05) is 0 Å². The SMILES string of the molecule is O=c1oc2c(Cc3coc4ccccc4c3=O)c(O)ccc2cc1-c1nc2ccccc2s1. The van der Waals surface area contributed by atoms with Gasteiger partial charge in [0.05, 0.1) is 27.4 Å². The van der Waals surface area contributed by atoms with E-state index in [1.54, 1.807) is 36.4 Å². The van der Waals surface area contributed by atoms with Crippen LogP contribution in [0.25, 0.3) is 42.7 Å². The highest BCUT2D eigenvalue weighted by Crippen LogP contribution is 2.33. The van der Waals surface area contributed by atoms with E-state index >= 15 is 0 Å². The number of benzene rings is 3. The Morgan fingerprint density at radius 1 is 0.970 bits per heavy atom. The molecule has 160 valence electrons. The van der Waals surface area contributed by atoms with Gasteiger partial charge in [0.15, 0.2) is 5.43 Å². The van der Waals surface area contributed by atoms with Crippen LogP contribution in [-0.4, -0.2) is 10.1 Å². The molecule has 3 heterocycles. The van der Waals surface area contributed by atoms with Crippen molar-refractivity contribution < 1.29 is 13.9 Å². The Bertz CT molecular complexity index is 1780. The second kappa shape index (κ2) is 7.43. The predicted octanol–water partition coefficient (Wildman–Crippen LogP) is 5.47. The number of thiazole rings is 1. The van der Waals surface area contributed by atoms with E-state index in [9.17, 15) is 14.7 Å². The Kier molecular flexibility index (Phi) is 4.38. The molecule has 6 nitrogen and oxygen atoms in total. The highest BCUT2D eigenvalue weighted by molar-refractivity contribution is 7.21. The third kappa shape index (κ3) is 3.21. The molecule has 3 aromatic carbocycles. The van der Waals surface area contributed by atoms with Crippen LogP contribution in [0.5, 0.6) is 5.75 Å². The maximum atomic E-state index is 12.9. The van der Waals surface area contributed by atoms with Crippen LogP contribution < -0.4 is 11.1 Å². The zero-order valence-corrected chi connectivity index (χ0v) is 17.9. The van der Waals surface area contributed by atoms with Gasteiger partial charge in [0.25, 0.3) is 0 Å². The van der Waals surface area contributed by atoms with Crippen LogP contribution in [0.1, 0.15) is 11.1 Å². The molecule has 0 radical (unpaired) electrons. The van der Waals surface area contributed by atoms with E-state index in [2.05, 4.69) is 4.98 Å². The van der Waals surface area contributed by atoms with Gasteiger partial charge in [-0.2, -0.15) is 0 Å². The van der Waals surface area contributed by atoms with Gasteiger partial charge in [-0.15, -0.1) is 11.3 Å². The molecule has 0 saturated heterocycles. The van der Waals surface area contributed by atoms with E-state index in [0.29, 0.717) is 38.1 Å². The molecule has 0 unspecified atom stereocenters. The van der Waals surface area contributed by atoms with Gasteiger partial charge in [0, 0.05) is 22.9 Å². The molecule has 0 aliphatic heterocycles. The maximum Gasteiger partial charge on any atom is 0.346 e. The van der Waals surface area contributed by atoms with Crippen LogP contribution in [-0.2, 0) is 6.42 Å². The summed E-state index contributed by atoms with van der Waals surface area (Å²) in [5.74, 6) is -0.0639. The first-order valence-corrected chi connectivity index (χ1v) is 11.0. The topological polar surface area (TPSA) is 93.5 Å². The molecule has 0 fully saturated rings. The number of phenols is 1. The predicted molar refractivity (Wildman–Crippen MR) is 128 cm³/mol. The first-order chi connectivity index (χ1) is 16.1. The van der Waals surface area contributed by atoms with Crippen LogP contribution in [0.3, 0.4) is 0 Å².